The van der Waals surface area contributed by atoms with E-state index in [0.29, 0.717) is 12.1 Å². The predicted molar refractivity (Wildman–Crippen MR) is 94.4 cm³/mol. The van der Waals surface area contributed by atoms with Crippen LogP contribution in [-0.4, -0.2) is 23.0 Å². The number of benzene rings is 2. The molecular weight excluding hydrogens is 367 g/mol. The number of halogens is 3. The Hall–Kier alpha value is -2.48. The molecule has 0 aromatic heterocycles. The molecule has 0 aliphatic heterocycles. The second kappa shape index (κ2) is 8.75. The highest BCUT2D eigenvalue weighted by molar-refractivity contribution is 8.14. The maximum Gasteiger partial charge on any atom is 0.573 e. The van der Waals surface area contributed by atoms with Crippen LogP contribution in [-0.2, 0) is 11.3 Å². The van der Waals surface area contributed by atoms with E-state index in [1.165, 1.54) is 31.2 Å². The molecule has 0 unspecified atom stereocenters. The van der Waals surface area contributed by atoms with Crippen LogP contribution in [0.2, 0.25) is 0 Å². The molecule has 0 bridgehead atoms. The van der Waals surface area contributed by atoms with Crippen molar-refractivity contribution in [1.82, 2.24) is 0 Å². The average Bonchev–Trinajstić information content (AvgIpc) is 2.58. The van der Waals surface area contributed by atoms with Crippen molar-refractivity contribution in [2.24, 2.45) is 0 Å². The van der Waals surface area contributed by atoms with Gasteiger partial charge in [0.05, 0.1) is 5.75 Å². The number of carbonyl (C=O) groups excluding carboxylic acids is 2. The van der Waals surface area contributed by atoms with Gasteiger partial charge >= 0.3 is 6.36 Å². The van der Waals surface area contributed by atoms with Crippen LogP contribution in [0.15, 0.2) is 48.5 Å². The molecule has 0 aliphatic carbocycles. The summed E-state index contributed by atoms with van der Waals surface area (Å²) in [4.78, 5) is 22.8. The number of ether oxygens (including phenoxy) is 1. The van der Waals surface area contributed by atoms with Gasteiger partial charge in [0.25, 0.3) is 0 Å². The van der Waals surface area contributed by atoms with Gasteiger partial charge < -0.3 is 10.1 Å². The summed E-state index contributed by atoms with van der Waals surface area (Å²) in [5.74, 6) is -0.293. The summed E-state index contributed by atoms with van der Waals surface area (Å²) in [6.07, 6.45) is -4.71. The number of carbonyl (C=O) groups is 2. The van der Waals surface area contributed by atoms with Crippen molar-refractivity contribution in [3.05, 3.63) is 59.7 Å². The topological polar surface area (TPSA) is 55.4 Å². The second-order valence-electron chi connectivity index (χ2n) is 5.33. The Balaban J connectivity index is 1.87. The Morgan fingerprint density at radius 1 is 1.04 bits per heavy atom. The maximum absolute atomic E-state index is 12.1. The molecule has 138 valence electrons. The van der Waals surface area contributed by atoms with Gasteiger partial charge in [-0.25, -0.2) is 0 Å². The molecule has 0 atom stereocenters. The molecule has 8 heteroatoms. The number of anilines is 1. The Morgan fingerprint density at radius 2 is 1.65 bits per heavy atom. The van der Waals surface area contributed by atoms with Crippen molar-refractivity contribution in [1.29, 1.82) is 0 Å². The predicted octanol–water partition coefficient (Wildman–Crippen LogP) is 4.66. The molecule has 0 amide bonds. The van der Waals surface area contributed by atoms with Crippen LogP contribution in [0.4, 0.5) is 18.9 Å². The largest absolute Gasteiger partial charge is 0.573 e. The molecule has 0 heterocycles. The first-order chi connectivity index (χ1) is 12.2. The number of thioether (sulfide) groups is 1. The first-order valence-corrected chi connectivity index (χ1v) is 8.57. The normalized spacial score (nSPS) is 11.1. The summed E-state index contributed by atoms with van der Waals surface area (Å²) in [7, 11) is 0. The number of hydrogen-bond acceptors (Lipinski definition) is 5. The van der Waals surface area contributed by atoms with E-state index < -0.39 is 6.36 Å². The van der Waals surface area contributed by atoms with Gasteiger partial charge in [0.1, 0.15) is 5.75 Å². The van der Waals surface area contributed by atoms with Gasteiger partial charge in [0, 0.05) is 24.7 Å². The lowest BCUT2D eigenvalue weighted by atomic mass is 10.1. The molecule has 26 heavy (non-hydrogen) atoms. The quantitative estimate of drug-likeness (QED) is 0.705. The van der Waals surface area contributed by atoms with Crippen molar-refractivity contribution in [3.8, 4) is 5.75 Å². The lowest BCUT2D eigenvalue weighted by Crippen LogP contribution is -2.17. The molecule has 0 saturated carbocycles. The molecule has 4 nitrogen and oxygen atoms in total. The number of alkyl halides is 3. The summed E-state index contributed by atoms with van der Waals surface area (Å²) in [5.41, 5.74) is 2.05. The zero-order valence-electron chi connectivity index (χ0n) is 13.8. The van der Waals surface area contributed by atoms with Gasteiger partial charge in [-0.05, 0) is 42.0 Å². The lowest BCUT2D eigenvalue weighted by Gasteiger charge is -2.10. The minimum absolute atomic E-state index is 0.106. The minimum atomic E-state index is -4.71. The van der Waals surface area contributed by atoms with Gasteiger partial charge in [-0.3, -0.25) is 9.59 Å². The average molecular weight is 383 g/mol. The zero-order valence-corrected chi connectivity index (χ0v) is 14.6. The summed E-state index contributed by atoms with van der Waals surface area (Å²) in [5, 5.41) is 3.00. The molecule has 0 radical (unpaired) electrons. The highest BCUT2D eigenvalue weighted by atomic mass is 32.2. The molecule has 0 fully saturated rings. The second-order valence-corrected chi connectivity index (χ2v) is 6.48. The molecule has 0 saturated heterocycles. The summed E-state index contributed by atoms with van der Waals surface area (Å²) >= 11 is 0.966. The highest BCUT2D eigenvalue weighted by Crippen LogP contribution is 2.23. The van der Waals surface area contributed by atoms with Crippen molar-refractivity contribution < 1.29 is 27.5 Å². The van der Waals surface area contributed by atoms with E-state index >= 15 is 0 Å². The van der Waals surface area contributed by atoms with Crippen LogP contribution < -0.4 is 10.1 Å². The van der Waals surface area contributed by atoms with Crippen LogP contribution in [0.1, 0.15) is 22.8 Å². The summed E-state index contributed by atoms with van der Waals surface area (Å²) < 4.78 is 40.2. The van der Waals surface area contributed by atoms with Gasteiger partial charge in [-0.1, -0.05) is 23.9 Å². The van der Waals surface area contributed by atoms with Crippen LogP contribution in [0, 0.1) is 0 Å². The fourth-order valence-electron chi connectivity index (χ4n) is 2.04. The summed E-state index contributed by atoms with van der Waals surface area (Å²) in [6.45, 7) is 1.81. The zero-order chi connectivity index (χ0) is 19.2. The molecule has 0 aliphatic rings. The van der Waals surface area contributed by atoms with E-state index in [-0.39, 0.29) is 22.4 Å². The molecule has 2 aromatic carbocycles. The fourth-order valence-corrected chi connectivity index (χ4v) is 2.54. The van der Waals surface area contributed by atoms with Crippen molar-refractivity contribution in [3.63, 3.8) is 0 Å². The Morgan fingerprint density at radius 3 is 2.19 bits per heavy atom. The van der Waals surface area contributed by atoms with Crippen LogP contribution in [0.3, 0.4) is 0 Å². The number of Topliss-reactive ketones (excluding diaryl/α,β-unsaturated/α-hetero) is 1. The van der Waals surface area contributed by atoms with E-state index in [1.807, 2.05) is 0 Å². The van der Waals surface area contributed by atoms with Crippen molar-refractivity contribution in [2.45, 2.75) is 19.8 Å². The molecule has 0 spiro atoms. The van der Waals surface area contributed by atoms with E-state index in [2.05, 4.69) is 10.1 Å². The van der Waals surface area contributed by atoms with Crippen LogP contribution in [0.5, 0.6) is 5.75 Å². The van der Waals surface area contributed by atoms with E-state index in [4.69, 9.17) is 0 Å². The van der Waals surface area contributed by atoms with E-state index in [1.54, 1.807) is 24.3 Å². The highest BCUT2D eigenvalue weighted by Gasteiger charge is 2.30. The number of rotatable bonds is 7. The molecule has 2 aromatic rings. The van der Waals surface area contributed by atoms with Gasteiger partial charge in [-0.15, -0.1) is 13.2 Å². The van der Waals surface area contributed by atoms with Crippen LogP contribution in [0.25, 0.3) is 0 Å². The third-order valence-electron chi connectivity index (χ3n) is 3.27. The monoisotopic (exact) mass is 383 g/mol. The Labute approximate surface area is 152 Å². The standard InChI is InChI=1S/C18H16F3NO3S/c1-12(23)26-11-17(24)14-4-6-15(7-5-14)22-10-13-2-8-16(9-3-13)25-18(19,20)21/h2-9,22H,10-11H2,1H3. The minimum Gasteiger partial charge on any atom is -0.406 e. The third-order valence-corrected chi connectivity index (χ3v) is 4.08. The molecular formula is C18H16F3NO3S. The fraction of sp³-hybridized carbons (Fsp3) is 0.222. The molecule has 2 rings (SSSR count). The SMILES string of the molecule is CC(=O)SCC(=O)c1ccc(NCc2ccc(OC(F)(F)F)cc2)cc1. The van der Waals surface area contributed by atoms with E-state index in [0.717, 1.165) is 23.0 Å². The number of hydrogen-bond donors (Lipinski definition) is 1. The lowest BCUT2D eigenvalue weighted by molar-refractivity contribution is -0.274. The molecule has 1 N–H and O–H groups in total. The smallest absolute Gasteiger partial charge is 0.406 e. The van der Waals surface area contributed by atoms with Crippen LogP contribution >= 0.6 is 11.8 Å². The first kappa shape index (κ1) is 19.8. The van der Waals surface area contributed by atoms with Crippen molar-refractivity contribution >= 4 is 28.3 Å². The third kappa shape index (κ3) is 6.79. The Bertz CT molecular complexity index is 759. The van der Waals surface area contributed by atoms with Gasteiger partial charge in [-0.2, -0.15) is 0 Å². The van der Waals surface area contributed by atoms with Gasteiger partial charge in [0.15, 0.2) is 10.9 Å². The Kier molecular flexibility index (Phi) is 6.68. The number of nitrogens with one attached hydrogen (secondary N) is 1. The van der Waals surface area contributed by atoms with Gasteiger partial charge in [0.2, 0.25) is 0 Å². The maximum atomic E-state index is 12.1. The van der Waals surface area contributed by atoms with Crippen molar-refractivity contribution in [2.75, 3.05) is 11.1 Å². The number of ketones is 1. The van der Waals surface area contributed by atoms with E-state index in [9.17, 15) is 22.8 Å². The summed E-state index contributed by atoms with van der Waals surface area (Å²) in [6, 6.07) is 12.3. The first-order valence-electron chi connectivity index (χ1n) is 7.58.